The number of ether oxygens (including phenoxy) is 2. The smallest absolute Gasteiger partial charge is 0.248 e. The summed E-state index contributed by atoms with van der Waals surface area (Å²) in [5.74, 6) is 0.469. The van der Waals surface area contributed by atoms with Gasteiger partial charge in [-0.3, -0.25) is 4.79 Å². The molecule has 0 spiro atoms. The summed E-state index contributed by atoms with van der Waals surface area (Å²) in [5, 5.41) is -0.931. The zero-order valence-corrected chi connectivity index (χ0v) is 10.00. The Bertz CT molecular complexity index is 504. The number of methoxy groups -OCH3 is 2. The van der Waals surface area contributed by atoms with Crippen molar-refractivity contribution in [3.63, 3.8) is 0 Å². The van der Waals surface area contributed by atoms with E-state index in [0.29, 0.717) is 5.75 Å². The Morgan fingerprint density at radius 2 is 1.81 bits per heavy atom. The molecule has 0 unspecified atom stereocenters. The fourth-order valence-electron chi connectivity index (χ4n) is 1.15. The van der Waals surface area contributed by atoms with Crippen LogP contribution in [0.1, 0.15) is 6.92 Å². The van der Waals surface area contributed by atoms with Crippen LogP contribution in [-0.4, -0.2) is 27.8 Å². The highest BCUT2D eigenvalue weighted by Crippen LogP contribution is 2.29. The molecule has 1 aromatic rings. The number of carbonyl (C=O) groups excluding carboxylic acids is 1. The van der Waals surface area contributed by atoms with Crippen LogP contribution in [0.5, 0.6) is 11.5 Å². The minimum absolute atomic E-state index is 0.121. The van der Waals surface area contributed by atoms with Crippen LogP contribution in [0.4, 0.5) is 0 Å². The summed E-state index contributed by atoms with van der Waals surface area (Å²) in [6, 6.07) is 4.25. The minimum Gasteiger partial charge on any atom is -0.497 e. The first-order valence-electron chi connectivity index (χ1n) is 4.41. The summed E-state index contributed by atoms with van der Waals surface area (Å²) < 4.78 is 33.2. The van der Waals surface area contributed by atoms with Crippen molar-refractivity contribution in [2.75, 3.05) is 14.2 Å². The second kappa shape index (κ2) is 4.52. The van der Waals surface area contributed by atoms with E-state index in [4.69, 9.17) is 9.47 Å². The first-order chi connectivity index (χ1) is 7.43. The maximum atomic E-state index is 11.7. The molecule has 16 heavy (non-hydrogen) atoms. The van der Waals surface area contributed by atoms with Gasteiger partial charge in [-0.05, 0) is 12.1 Å². The summed E-state index contributed by atoms with van der Waals surface area (Å²) in [4.78, 5) is 10.9. The SMILES string of the molecule is COc1ccc(OC)c(S(=O)(=O)C(C)=O)c1. The molecule has 0 fully saturated rings. The first-order valence-corrected chi connectivity index (χ1v) is 5.89. The van der Waals surface area contributed by atoms with Gasteiger partial charge < -0.3 is 9.47 Å². The van der Waals surface area contributed by atoms with E-state index in [0.717, 1.165) is 6.92 Å². The Kier molecular flexibility index (Phi) is 3.54. The molecule has 88 valence electrons. The largest absolute Gasteiger partial charge is 0.497 e. The van der Waals surface area contributed by atoms with Crippen LogP contribution in [0.2, 0.25) is 0 Å². The van der Waals surface area contributed by atoms with Gasteiger partial charge in [0.05, 0.1) is 14.2 Å². The van der Waals surface area contributed by atoms with Crippen molar-refractivity contribution in [2.24, 2.45) is 0 Å². The molecule has 0 aromatic heterocycles. The van der Waals surface area contributed by atoms with Gasteiger partial charge in [-0.25, -0.2) is 8.42 Å². The summed E-state index contributed by atoms with van der Waals surface area (Å²) >= 11 is 0. The number of sulfone groups is 1. The molecule has 0 bridgehead atoms. The molecule has 0 atom stereocenters. The van der Waals surface area contributed by atoms with Gasteiger partial charge >= 0.3 is 0 Å². The molecule has 0 aliphatic rings. The molecule has 0 N–H and O–H groups in total. The maximum Gasteiger partial charge on any atom is 0.248 e. The molecule has 0 radical (unpaired) electrons. The number of rotatable bonds is 3. The van der Waals surface area contributed by atoms with Gasteiger partial charge in [-0.1, -0.05) is 0 Å². The van der Waals surface area contributed by atoms with E-state index in [9.17, 15) is 13.2 Å². The molecule has 1 aromatic carbocycles. The van der Waals surface area contributed by atoms with Crippen molar-refractivity contribution in [1.29, 1.82) is 0 Å². The minimum atomic E-state index is -4.00. The van der Waals surface area contributed by atoms with E-state index in [1.165, 1.54) is 26.4 Å². The first kappa shape index (κ1) is 12.5. The zero-order valence-electron chi connectivity index (χ0n) is 9.18. The van der Waals surface area contributed by atoms with Gasteiger partial charge in [0, 0.05) is 13.0 Å². The quantitative estimate of drug-likeness (QED) is 0.794. The lowest BCUT2D eigenvalue weighted by atomic mass is 10.3. The standard InChI is InChI=1S/C10H12O5S/c1-7(11)16(12,13)10-6-8(14-2)4-5-9(10)15-3/h4-6H,1-3H3. The Hall–Kier alpha value is -1.56. The second-order valence-electron chi connectivity index (χ2n) is 3.01. The summed E-state index contributed by atoms with van der Waals surface area (Å²) in [6.07, 6.45) is 0. The normalized spacial score (nSPS) is 10.9. The molecule has 0 saturated heterocycles. The van der Waals surface area contributed by atoms with E-state index >= 15 is 0 Å². The number of hydrogen-bond acceptors (Lipinski definition) is 5. The molecule has 0 aliphatic carbocycles. The van der Waals surface area contributed by atoms with Crippen LogP contribution < -0.4 is 9.47 Å². The van der Waals surface area contributed by atoms with Crippen molar-refractivity contribution < 1.29 is 22.7 Å². The van der Waals surface area contributed by atoms with Crippen molar-refractivity contribution in [3.8, 4) is 11.5 Å². The van der Waals surface area contributed by atoms with E-state index in [-0.39, 0.29) is 10.6 Å². The predicted molar refractivity (Wildman–Crippen MR) is 57.4 cm³/mol. The molecule has 0 aliphatic heterocycles. The Balaban J connectivity index is 3.47. The van der Waals surface area contributed by atoms with Gasteiger partial charge in [0.1, 0.15) is 16.4 Å². The fourth-order valence-corrected chi connectivity index (χ4v) is 2.15. The average Bonchev–Trinajstić information content (AvgIpc) is 2.27. The third-order valence-electron chi connectivity index (χ3n) is 2.04. The molecular formula is C10H12O5S. The summed E-state index contributed by atoms with van der Waals surface area (Å²) in [5.41, 5.74) is 0. The lowest BCUT2D eigenvalue weighted by Crippen LogP contribution is -2.12. The molecule has 5 nitrogen and oxygen atoms in total. The highest BCUT2D eigenvalue weighted by molar-refractivity contribution is 8.06. The van der Waals surface area contributed by atoms with Crippen LogP contribution in [0, 0.1) is 0 Å². The van der Waals surface area contributed by atoms with Gasteiger partial charge in [-0.2, -0.15) is 0 Å². The van der Waals surface area contributed by atoms with E-state index in [1.54, 1.807) is 6.07 Å². The average molecular weight is 244 g/mol. The van der Waals surface area contributed by atoms with Crippen LogP contribution in [-0.2, 0) is 14.6 Å². The lowest BCUT2D eigenvalue weighted by Gasteiger charge is -2.09. The molecule has 1 rings (SSSR count). The van der Waals surface area contributed by atoms with Crippen molar-refractivity contribution >= 4 is 15.0 Å². The van der Waals surface area contributed by atoms with Crippen molar-refractivity contribution in [3.05, 3.63) is 18.2 Å². The van der Waals surface area contributed by atoms with Gasteiger partial charge in [0.25, 0.3) is 0 Å². The van der Waals surface area contributed by atoms with Crippen molar-refractivity contribution in [1.82, 2.24) is 0 Å². The van der Waals surface area contributed by atoms with E-state index in [1.807, 2.05) is 0 Å². The van der Waals surface area contributed by atoms with Gasteiger partial charge in [-0.15, -0.1) is 0 Å². The molecule has 6 heteroatoms. The van der Waals surface area contributed by atoms with E-state index < -0.39 is 15.0 Å². The summed E-state index contributed by atoms with van der Waals surface area (Å²) in [7, 11) is -1.25. The van der Waals surface area contributed by atoms with Crippen LogP contribution in [0.3, 0.4) is 0 Å². The van der Waals surface area contributed by atoms with Gasteiger partial charge in [0.2, 0.25) is 15.0 Å². The number of benzene rings is 1. The lowest BCUT2D eigenvalue weighted by molar-refractivity contribution is -0.109. The summed E-state index contributed by atoms with van der Waals surface area (Å²) in [6.45, 7) is 0.994. The molecule has 0 amide bonds. The van der Waals surface area contributed by atoms with E-state index in [2.05, 4.69) is 0 Å². The Labute approximate surface area is 93.9 Å². The van der Waals surface area contributed by atoms with Crippen LogP contribution in [0.25, 0.3) is 0 Å². The molecule has 0 heterocycles. The third-order valence-corrected chi connectivity index (χ3v) is 3.69. The predicted octanol–water partition coefficient (Wildman–Crippen LogP) is 1.02. The topological polar surface area (TPSA) is 69.7 Å². The highest BCUT2D eigenvalue weighted by Gasteiger charge is 2.25. The van der Waals surface area contributed by atoms with Gasteiger partial charge in [0.15, 0.2) is 0 Å². The zero-order chi connectivity index (χ0) is 12.3. The monoisotopic (exact) mass is 244 g/mol. The number of carbonyl (C=O) groups is 1. The van der Waals surface area contributed by atoms with Crippen molar-refractivity contribution in [2.45, 2.75) is 11.8 Å². The van der Waals surface area contributed by atoms with Crippen LogP contribution in [0.15, 0.2) is 23.1 Å². The Morgan fingerprint density at radius 3 is 2.25 bits per heavy atom. The highest BCUT2D eigenvalue weighted by atomic mass is 32.2. The van der Waals surface area contributed by atoms with Crippen LogP contribution >= 0.6 is 0 Å². The fraction of sp³-hybridized carbons (Fsp3) is 0.300. The number of hydrogen-bond donors (Lipinski definition) is 0. The maximum absolute atomic E-state index is 11.7. The second-order valence-corrected chi connectivity index (χ2v) is 5.03. The molecule has 0 saturated carbocycles. The molecular weight excluding hydrogens is 232 g/mol. The third kappa shape index (κ3) is 2.16. The Morgan fingerprint density at radius 1 is 1.19 bits per heavy atom.